The Morgan fingerprint density at radius 2 is 1.85 bits per heavy atom. The number of thioether (sulfide) groups is 1. The van der Waals surface area contributed by atoms with Crippen molar-refractivity contribution in [1.29, 1.82) is 0 Å². The molecule has 140 valence electrons. The first-order valence-electron chi connectivity index (χ1n) is 9.01. The van der Waals surface area contributed by atoms with Crippen molar-refractivity contribution < 1.29 is 4.79 Å². The topological polar surface area (TPSA) is 32.3 Å². The molecule has 0 spiro atoms. The van der Waals surface area contributed by atoms with Crippen molar-refractivity contribution in [3.05, 3.63) is 69.6 Å². The number of thiocarbonyl (C=S) groups is 1. The molecule has 2 aromatic rings. The lowest BCUT2D eigenvalue weighted by Gasteiger charge is -2.17. The number of nitrogens with one attached hydrogen (secondary N) is 1. The van der Waals surface area contributed by atoms with E-state index in [2.05, 4.69) is 68.6 Å². The molecule has 1 fully saturated rings. The number of anilines is 1. The Morgan fingerprint density at radius 1 is 1.15 bits per heavy atom. The van der Waals surface area contributed by atoms with Gasteiger partial charge in [-0.3, -0.25) is 9.69 Å². The van der Waals surface area contributed by atoms with E-state index in [4.69, 9.17) is 12.2 Å². The van der Waals surface area contributed by atoms with Crippen LogP contribution in [0.5, 0.6) is 0 Å². The fraction of sp³-hybridized carbons (Fsp3) is 0.273. The highest BCUT2D eigenvalue weighted by molar-refractivity contribution is 8.26. The molecule has 1 aliphatic heterocycles. The Balaban J connectivity index is 1.71. The van der Waals surface area contributed by atoms with Crippen molar-refractivity contribution in [1.82, 2.24) is 4.90 Å². The summed E-state index contributed by atoms with van der Waals surface area (Å²) in [7, 11) is 0. The van der Waals surface area contributed by atoms with Gasteiger partial charge in [0.1, 0.15) is 4.32 Å². The predicted molar refractivity (Wildman–Crippen MR) is 120 cm³/mol. The van der Waals surface area contributed by atoms with Crippen molar-refractivity contribution in [2.24, 2.45) is 0 Å². The van der Waals surface area contributed by atoms with E-state index in [0.29, 0.717) is 21.8 Å². The van der Waals surface area contributed by atoms with E-state index in [-0.39, 0.29) is 5.91 Å². The van der Waals surface area contributed by atoms with Gasteiger partial charge in [-0.1, -0.05) is 74.2 Å². The second-order valence-electron chi connectivity index (χ2n) is 7.08. The highest BCUT2D eigenvalue weighted by Crippen LogP contribution is 2.32. The number of hydrogen-bond acceptors (Lipinski definition) is 4. The summed E-state index contributed by atoms with van der Waals surface area (Å²) < 4.78 is 0.586. The van der Waals surface area contributed by atoms with E-state index in [1.165, 1.54) is 22.9 Å². The molecule has 0 atom stereocenters. The molecule has 1 amide bonds. The van der Waals surface area contributed by atoms with Gasteiger partial charge in [0.05, 0.1) is 11.6 Å². The maximum atomic E-state index is 12.8. The molecule has 0 aliphatic carbocycles. The molecule has 1 aliphatic rings. The highest BCUT2D eigenvalue weighted by atomic mass is 32.2. The number of benzene rings is 2. The molecule has 1 N–H and O–H groups in total. The van der Waals surface area contributed by atoms with E-state index in [0.717, 1.165) is 16.8 Å². The van der Waals surface area contributed by atoms with Crippen LogP contribution in [0, 0.1) is 13.8 Å². The molecular weight excluding hydrogens is 372 g/mol. The zero-order valence-corrected chi connectivity index (χ0v) is 17.7. The summed E-state index contributed by atoms with van der Waals surface area (Å²) in [4.78, 5) is 15.1. The summed E-state index contributed by atoms with van der Waals surface area (Å²) in [5.41, 5.74) is 5.65. The van der Waals surface area contributed by atoms with Gasteiger partial charge in [0.15, 0.2) is 0 Å². The third-order valence-electron chi connectivity index (χ3n) is 4.60. The maximum Gasteiger partial charge on any atom is 0.267 e. The molecule has 5 heteroatoms. The molecule has 1 saturated heterocycles. The van der Waals surface area contributed by atoms with Crippen LogP contribution in [0.25, 0.3) is 6.08 Å². The number of carbonyl (C=O) groups excluding carboxylic acids is 1. The van der Waals surface area contributed by atoms with Gasteiger partial charge in [-0.15, -0.1) is 0 Å². The third kappa shape index (κ3) is 4.60. The Morgan fingerprint density at radius 3 is 2.52 bits per heavy atom. The molecule has 2 aromatic carbocycles. The normalized spacial score (nSPS) is 15.9. The van der Waals surface area contributed by atoms with Gasteiger partial charge in [-0.05, 0) is 54.2 Å². The summed E-state index contributed by atoms with van der Waals surface area (Å²) >= 11 is 6.79. The molecule has 3 rings (SSSR count). The van der Waals surface area contributed by atoms with Crippen molar-refractivity contribution in [2.75, 3.05) is 12.0 Å². The van der Waals surface area contributed by atoms with Crippen molar-refractivity contribution in [3.63, 3.8) is 0 Å². The zero-order valence-electron chi connectivity index (χ0n) is 16.1. The van der Waals surface area contributed by atoms with Gasteiger partial charge in [0.25, 0.3) is 5.91 Å². The van der Waals surface area contributed by atoms with Crippen LogP contribution in [0.15, 0.2) is 47.4 Å². The van der Waals surface area contributed by atoms with E-state index >= 15 is 0 Å². The van der Waals surface area contributed by atoms with E-state index in [1.807, 2.05) is 13.0 Å². The molecule has 0 radical (unpaired) electrons. The highest BCUT2D eigenvalue weighted by Gasteiger charge is 2.31. The van der Waals surface area contributed by atoms with Crippen LogP contribution in [-0.2, 0) is 4.79 Å². The average molecular weight is 397 g/mol. The SMILES string of the molecule is Cc1ccc(C)c(NCN2C(=O)/C(=C\c3ccc(C(C)C)cc3)SC2=S)c1. The number of carbonyl (C=O) groups is 1. The standard InChI is InChI=1S/C22H24N2OS2/c1-14(2)18-9-7-17(8-10-18)12-20-21(25)24(22(26)27-20)13-23-19-11-15(3)5-6-16(19)4/h5-12,14,23H,13H2,1-4H3/b20-12+. The third-order valence-corrected chi connectivity index (χ3v) is 5.97. The lowest BCUT2D eigenvalue weighted by atomic mass is 10.0. The van der Waals surface area contributed by atoms with Gasteiger partial charge in [0, 0.05) is 5.69 Å². The molecule has 27 heavy (non-hydrogen) atoms. The van der Waals surface area contributed by atoms with Gasteiger partial charge >= 0.3 is 0 Å². The Labute approximate surface area is 170 Å². The average Bonchev–Trinajstić information content (AvgIpc) is 2.89. The molecule has 0 unspecified atom stereocenters. The number of nitrogens with zero attached hydrogens (tertiary/aromatic N) is 1. The fourth-order valence-electron chi connectivity index (χ4n) is 2.86. The van der Waals surface area contributed by atoms with Crippen LogP contribution < -0.4 is 5.32 Å². The first kappa shape index (κ1) is 19.6. The molecule has 0 saturated carbocycles. The molecule has 1 heterocycles. The molecular formula is C22H24N2OS2. The minimum Gasteiger partial charge on any atom is -0.367 e. The Kier molecular flexibility index (Phi) is 6.02. The van der Waals surface area contributed by atoms with E-state index in [9.17, 15) is 4.79 Å². The monoisotopic (exact) mass is 396 g/mol. The van der Waals surface area contributed by atoms with Crippen LogP contribution >= 0.6 is 24.0 Å². The number of aryl methyl sites for hydroxylation is 2. The van der Waals surface area contributed by atoms with Gasteiger partial charge in [-0.25, -0.2) is 0 Å². The smallest absolute Gasteiger partial charge is 0.267 e. The van der Waals surface area contributed by atoms with Crippen LogP contribution in [0.1, 0.15) is 42.0 Å². The Bertz CT molecular complexity index is 901. The lowest BCUT2D eigenvalue weighted by molar-refractivity contribution is -0.121. The Hall–Kier alpha value is -2.11. The molecule has 0 bridgehead atoms. The summed E-state index contributed by atoms with van der Waals surface area (Å²) in [5, 5.41) is 3.34. The van der Waals surface area contributed by atoms with Gasteiger partial charge in [0.2, 0.25) is 0 Å². The quantitative estimate of drug-likeness (QED) is 0.519. The minimum absolute atomic E-state index is 0.0456. The predicted octanol–water partition coefficient (Wildman–Crippen LogP) is 5.70. The van der Waals surface area contributed by atoms with Gasteiger partial charge < -0.3 is 5.32 Å². The van der Waals surface area contributed by atoms with Gasteiger partial charge in [-0.2, -0.15) is 0 Å². The van der Waals surface area contributed by atoms with Crippen LogP contribution in [0.3, 0.4) is 0 Å². The van der Waals surface area contributed by atoms with E-state index < -0.39 is 0 Å². The van der Waals surface area contributed by atoms with Crippen molar-refractivity contribution in [3.8, 4) is 0 Å². The first-order chi connectivity index (χ1) is 12.8. The lowest BCUT2D eigenvalue weighted by Crippen LogP contribution is -2.33. The largest absolute Gasteiger partial charge is 0.367 e. The fourth-order valence-corrected chi connectivity index (χ4v) is 4.11. The number of hydrogen-bond donors (Lipinski definition) is 1. The molecule has 3 nitrogen and oxygen atoms in total. The summed E-state index contributed by atoms with van der Waals surface area (Å²) in [6, 6.07) is 14.6. The summed E-state index contributed by atoms with van der Waals surface area (Å²) in [5.74, 6) is 0.448. The second kappa shape index (κ2) is 8.28. The maximum absolute atomic E-state index is 12.8. The second-order valence-corrected chi connectivity index (χ2v) is 8.76. The number of rotatable bonds is 5. The summed E-state index contributed by atoms with van der Waals surface area (Å²) in [6.45, 7) is 8.81. The van der Waals surface area contributed by atoms with Crippen molar-refractivity contribution in [2.45, 2.75) is 33.6 Å². The van der Waals surface area contributed by atoms with Crippen LogP contribution in [0.4, 0.5) is 5.69 Å². The van der Waals surface area contributed by atoms with Crippen molar-refractivity contribution >= 4 is 46.0 Å². The zero-order chi connectivity index (χ0) is 19.6. The van der Waals surface area contributed by atoms with Crippen LogP contribution in [0.2, 0.25) is 0 Å². The molecule has 0 aromatic heterocycles. The van der Waals surface area contributed by atoms with E-state index in [1.54, 1.807) is 4.90 Å². The summed E-state index contributed by atoms with van der Waals surface area (Å²) in [6.07, 6.45) is 1.92. The minimum atomic E-state index is -0.0456. The number of amides is 1. The first-order valence-corrected chi connectivity index (χ1v) is 10.2. The van der Waals surface area contributed by atoms with Crippen LogP contribution in [-0.4, -0.2) is 21.8 Å².